The monoisotopic (exact) mass is 283 g/mol. The van der Waals surface area contributed by atoms with Gasteiger partial charge in [-0.05, 0) is 43.5 Å². The molecule has 0 spiro atoms. The van der Waals surface area contributed by atoms with E-state index in [0.29, 0.717) is 12.5 Å². The standard InChI is InChI=1S/C13H18BrNO/c1-9-4-5-10(7-12(9)14)13-11(8-15)3-2-6-16-13/h4-5,7,11,13H,2-3,6,8,15H2,1H3. The molecule has 88 valence electrons. The van der Waals surface area contributed by atoms with Crippen LogP contribution in [0.3, 0.4) is 0 Å². The maximum Gasteiger partial charge on any atom is 0.0865 e. The molecule has 3 heteroatoms. The van der Waals surface area contributed by atoms with Crippen molar-refractivity contribution in [2.24, 2.45) is 11.7 Å². The molecule has 1 aliphatic rings. The van der Waals surface area contributed by atoms with Crippen LogP contribution in [0.15, 0.2) is 22.7 Å². The molecule has 0 amide bonds. The molecule has 0 radical (unpaired) electrons. The van der Waals surface area contributed by atoms with Crippen molar-refractivity contribution in [1.29, 1.82) is 0 Å². The van der Waals surface area contributed by atoms with E-state index in [1.807, 2.05) is 0 Å². The van der Waals surface area contributed by atoms with Crippen LogP contribution in [0.5, 0.6) is 0 Å². The van der Waals surface area contributed by atoms with Gasteiger partial charge in [-0.25, -0.2) is 0 Å². The van der Waals surface area contributed by atoms with E-state index < -0.39 is 0 Å². The Bertz CT molecular complexity index is 367. The molecule has 1 aromatic rings. The van der Waals surface area contributed by atoms with Crippen LogP contribution in [0.25, 0.3) is 0 Å². The topological polar surface area (TPSA) is 35.2 Å². The van der Waals surface area contributed by atoms with Gasteiger partial charge in [0.05, 0.1) is 6.10 Å². The largest absolute Gasteiger partial charge is 0.373 e. The number of hydrogen-bond acceptors (Lipinski definition) is 2. The Morgan fingerprint density at radius 1 is 1.50 bits per heavy atom. The molecule has 0 saturated carbocycles. The number of benzene rings is 1. The summed E-state index contributed by atoms with van der Waals surface area (Å²) in [7, 11) is 0. The van der Waals surface area contributed by atoms with E-state index in [1.54, 1.807) is 0 Å². The number of halogens is 1. The number of ether oxygens (including phenoxy) is 1. The lowest BCUT2D eigenvalue weighted by Gasteiger charge is -2.31. The fraction of sp³-hybridized carbons (Fsp3) is 0.538. The van der Waals surface area contributed by atoms with Crippen LogP contribution in [-0.4, -0.2) is 13.2 Å². The zero-order valence-electron chi connectivity index (χ0n) is 9.58. The summed E-state index contributed by atoms with van der Waals surface area (Å²) in [6, 6.07) is 6.44. The summed E-state index contributed by atoms with van der Waals surface area (Å²) in [6.45, 7) is 3.65. The van der Waals surface area contributed by atoms with Crippen molar-refractivity contribution in [3.05, 3.63) is 33.8 Å². The first kappa shape index (κ1) is 12.1. The van der Waals surface area contributed by atoms with Gasteiger partial charge in [0.25, 0.3) is 0 Å². The second-order valence-corrected chi connectivity index (χ2v) is 5.29. The molecule has 1 aromatic carbocycles. The average Bonchev–Trinajstić information content (AvgIpc) is 2.32. The normalized spacial score (nSPS) is 25.7. The minimum absolute atomic E-state index is 0.177. The molecule has 2 N–H and O–H groups in total. The molecule has 2 unspecified atom stereocenters. The maximum absolute atomic E-state index is 5.86. The van der Waals surface area contributed by atoms with E-state index in [0.717, 1.165) is 17.5 Å². The van der Waals surface area contributed by atoms with Crippen LogP contribution in [-0.2, 0) is 4.74 Å². The summed E-state index contributed by atoms with van der Waals surface area (Å²) < 4.78 is 7.01. The van der Waals surface area contributed by atoms with Gasteiger partial charge in [-0.3, -0.25) is 0 Å². The lowest BCUT2D eigenvalue weighted by molar-refractivity contribution is -0.0251. The predicted molar refractivity (Wildman–Crippen MR) is 69.4 cm³/mol. The van der Waals surface area contributed by atoms with Gasteiger partial charge in [0, 0.05) is 17.0 Å². The van der Waals surface area contributed by atoms with Gasteiger partial charge in [-0.1, -0.05) is 28.1 Å². The third kappa shape index (κ3) is 2.47. The van der Waals surface area contributed by atoms with E-state index in [9.17, 15) is 0 Å². The van der Waals surface area contributed by atoms with Gasteiger partial charge < -0.3 is 10.5 Å². The van der Waals surface area contributed by atoms with Gasteiger partial charge in [-0.15, -0.1) is 0 Å². The lowest BCUT2D eigenvalue weighted by atomic mass is 9.89. The van der Waals surface area contributed by atoms with Crippen LogP contribution in [0, 0.1) is 12.8 Å². The van der Waals surface area contributed by atoms with E-state index in [-0.39, 0.29) is 6.10 Å². The minimum Gasteiger partial charge on any atom is -0.373 e. The molecular formula is C13H18BrNO. The van der Waals surface area contributed by atoms with E-state index in [4.69, 9.17) is 10.5 Å². The molecule has 16 heavy (non-hydrogen) atoms. The second-order valence-electron chi connectivity index (χ2n) is 4.44. The van der Waals surface area contributed by atoms with Crippen LogP contribution < -0.4 is 5.73 Å². The molecule has 0 bridgehead atoms. The molecule has 1 heterocycles. The number of aryl methyl sites for hydroxylation is 1. The summed E-state index contributed by atoms with van der Waals surface area (Å²) in [5, 5.41) is 0. The zero-order valence-corrected chi connectivity index (χ0v) is 11.2. The van der Waals surface area contributed by atoms with Gasteiger partial charge in [-0.2, -0.15) is 0 Å². The van der Waals surface area contributed by atoms with Gasteiger partial charge in [0.15, 0.2) is 0 Å². The summed E-state index contributed by atoms with van der Waals surface area (Å²) >= 11 is 3.57. The Labute approximate surface area is 105 Å². The SMILES string of the molecule is Cc1ccc(C2OCCCC2CN)cc1Br. The summed E-state index contributed by atoms with van der Waals surface area (Å²) in [5.41, 5.74) is 8.30. The van der Waals surface area contributed by atoms with Gasteiger partial charge in [0.1, 0.15) is 0 Å². The highest BCUT2D eigenvalue weighted by Gasteiger charge is 2.26. The Morgan fingerprint density at radius 2 is 2.31 bits per heavy atom. The Balaban J connectivity index is 2.23. The molecule has 1 aliphatic heterocycles. The van der Waals surface area contributed by atoms with E-state index >= 15 is 0 Å². The first-order valence-corrected chi connectivity index (χ1v) is 6.59. The quantitative estimate of drug-likeness (QED) is 0.905. The first-order valence-electron chi connectivity index (χ1n) is 5.80. The lowest BCUT2D eigenvalue weighted by Crippen LogP contribution is -2.28. The molecule has 0 aliphatic carbocycles. The minimum atomic E-state index is 0.177. The molecular weight excluding hydrogens is 266 g/mol. The van der Waals surface area contributed by atoms with Crippen LogP contribution in [0.1, 0.15) is 30.1 Å². The molecule has 0 aromatic heterocycles. The van der Waals surface area contributed by atoms with Crippen molar-refractivity contribution in [2.45, 2.75) is 25.9 Å². The van der Waals surface area contributed by atoms with Crippen molar-refractivity contribution in [2.75, 3.05) is 13.2 Å². The summed E-state index contributed by atoms with van der Waals surface area (Å²) in [5.74, 6) is 0.461. The summed E-state index contributed by atoms with van der Waals surface area (Å²) in [6.07, 6.45) is 2.48. The van der Waals surface area contributed by atoms with Crippen molar-refractivity contribution < 1.29 is 4.74 Å². The third-order valence-electron chi connectivity index (χ3n) is 3.27. The Morgan fingerprint density at radius 3 is 3.00 bits per heavy atom. The molecule has 2 atom stereocenters. The van der Waals surface area contributed by atoms with Gasteiger partial charge >= 0.3 is 0 Å². The second kappa shape index (κ2) is 5.30. The van der Waals surface area contributed by atoms with Gasteiger partial charge in [0.2, 0.25) is 0 Å². The van der Waals surface area contributed by atoms with Crippen LogP contribution in [0.2, 0.25) is 0 Å². The van der Waals surface area contributed by atoms with Crippen molar-refractivity contribution in [3.8, 4) is 0 Å². The number of rotatable bonds is 2. The Kier molecular flexibility index (Phi) is 4.00. The smallest absolute Gasteiger partial charge is 0.0865 e. The molecule has 2 rings (SSSR count). The fourth-order valence-corrected chi connectivity index (χ4v) is 2.64. The maximum atomic E-state index is 5.86. The molecule has 1 saturated heterocycles. The highest BCUT2D eigenvalue weighted by molar-refractivity contribution is 9.10. The highest BCUT2D eigenvalue weighted by atomic mass is 79.9. The first-order chi connectivity index (χ1) is 7.72. The van der Waals surface area contributed by atoms with E-state index in [2.05, 4.69) is 41.1 Å². The highest BCUT2D eigenvalue weighted by Crippen LogP contribution is 2.34. The average molecular weight is 284 g/mol. The molecule has 2 nitrogen and oxygen atoms in total. The van der Waals surface area contributed by atoms with Crippen molar-refractivity contribution >= 4 is 15.9 Å². The summed E-state index contributed by atoms with van der Waals surface area (Å²) in [4.78, 5) is 0. The zero-order chi connectivity index (χ0) is 11.5. The Hall–Kier alpha value is -0.380. The van der Waals surface area contributed by atoms with Crippen LogP contribution >= 0.6 is 15.9 Å². The third-order valence-corrected chi connectivity index (χ3v) is 4.13. The fourth-order valence-electron chi connectivity index (χ4n) is 2.24. The van der Waals surface area contributed by atoms with Crippen molar-refractivity contribution in [1.82, 2.24) is 0 Å². The number of hydrogen-bond donors (Lipinski definition) is 1. The van der Waals surface area contributed by atoms with Crippen LogP contribution in [0.4, 0.5) is 0 Å². The van der Waals surface area contributed by atoms with E-state index in [1.165, 1.54) is 17.5 Å². The molecule has 1 fully saturated rings. The predicted octanol–water partition coefficient (Wildman–Crippen LogP) is 3.18. The van der Waals surface area contributed by atoms with Crippen molar-refractivity contribution in [3.63, 3.8) is 0 Å². The number of nitrogens with two attached hydrogens (primary N) is 1.